The van der Waals surface area contributed by atoms with Crippen molar-refractivity contribution in [2.75, 3.05) is 23.7 Å². The molecule has 0 bridgehead atoms. The Morgan fingerprint density at radius 2 is 2.32 bits per heavy atom. The van der Waals surface area contributed by atoms with E-state index in [1.807, 2.05) is 12.1 Å². The third kappa shape index (κ3) is 2.09. The average molecular weight is 259 g/mol. The fraction of sp³-hybridized carbons (Fsp3) is 0.385. The van der Waals surface area contributed by atoms with Crippen LogP contribution in [-0.4, -0.2) is 29.2 Å². The summed E-state index contributed by atoms with van der Waals surface area (Å²) in [5.74, 6) is -0.323. The standard InChI is InChI=1S/C13H17N5O/c14-10-4-9-6-16-17-11(9)5-12(10)18-3-1-2-8(7-18)13(15)19/h4-6,8H,1-3,7,14H2,(H2,15,19)(H,16,17). The van der Waals surface area contributed by atoms with Crippen LogP contribution in [0.5, 0.6) is 0 Å². The molecule has 1 atom stereocenters. The number of carbonyl (C=O) groups excluding carboxylic acids is 1. The molecule has 6 nitrogen and oxygen atoms in total. The molecular weight excluding hydrogens is 242 g/mol. The summed E-state index contributed by atoms with van der Waals surface area (Å²) in [6, 6.07) is 3.89. The second-order valence-electron chi connectivity index (χ2n) is 5.06. The van der Waals surface area contributed by atoms with Crippen molar-refractivity contribution in [3.63, 3.8) is 0 Å². The number of hydrogen-bond acceptors (Lipinski definition) is 4. The van der Waals surface area contributed by atoms with Crippen molar-refractivity contribution in [2.45, 2.75) is 12.8 Å². The van der Waals surface area contributed by atoms with E-state index >= 15 is 0 Å². The smallest absolute Gasteiger partial charge is 0.222 e. The summed E-state index contributed by atoms with van der Waals surface area (Å²) < 4.78 is 0. The number of nitrogens with two attached hydrogens (primary N) is 2. The van der Waals surface area contributed by atoms with E-state index in [0.717, 1.165) is 36.0 Å². The van der Waals surface area contributed by atoms with E-state index in [2.05, 4.69) is 15.1 Å². The molecule has 1 amide bonds. The molecule has 0 aliphatic carbocycles. The molecule has 19 heavy (non-hydrogen) atoms. The molecular formula is C13H17N5O. The molecule has 3 rings (SSSR count). The van der Waals surface area contributed by atoms with Gasteiger partial charge in [0.15, 0.2) is 0 Å². The molecule has 100 valence electrons. The number of aromatic amines is 1. The molecule has 0 spiro atoms. The van der Waals surface area contributed by atoms with Crippen LogP contribution in [0.3, 0.4) is 0 Å². The Labute approximate surface area is 110 Å². The van der Waals surface area contributed by atoms with Gasteiger partial charge in [0.25, 0.3) is 0 Å². The second kappa shape index (κ2) is 4.46. The number of amides is 1. The summed E-state index contributed by atoms with van der Waals surface area (Å²) in [5, 5.41) is 7.93. The fourth-order valence-electron chi connectivity index (χ4n) is 2.70. The van der Waals surface area contributed by atoms with Gasteiger partial charge < -0.3 is 16.4 Å². The number of H-pyrrole nitrogens is 1. The monoisotopic (exact) mass is 259 g/mol. The summed E-state index contributed by atoms with van der Waals surface area (Å²) >= 11 is 0. The summed E-state index contributed by atoms with van der Waals surface area (Å²) in [6.07, 6.45) is 3.56. The average Bonchev–Trinajstić information content (AvgIpc) is 2.85. The Morgan fingerprint density at radius 1 is 1.47 bits per heavy atom. The number of anilines is 2. The summed E-state index contributed by atoms with van der Waals surface area (Å²) in [4.78, 5) is 13.5. The van der Waals surface area contributed by atoms with Crippen molar-refractivity contribution in [3.8, 4) is 0 Å². The van der Waals surface area contributed by atoms with Crippen LogP contribution < -0.4 is 16.4 Å². The van der Waals surface area contributed by atoms with E-state index in [1.165, 1.54) is 0 Å². The van der Waals surface area contributed by atoms with E-state index < -0.39 is 0 Å². The van der Waals surface area contributed by atoms with Gasteiger partial charge in [0.05, 0.1) is 29.0 Å². The molecule has 2 heterocycles. The highest BCUT2D eigenvalue weighted by atomic mass is 16.1. The topological polar surface area (TPSA) is 101 Å². The zero-order chi connectivity index (χ0) is 13.4. The minimum atomic E-state index is -0.231. The molecule has 1 aromatic carbocycles. The highest BCUT2D eigenvalue weighted by Gasteiger charge is 2.25. The normalized spacial score (nSPS) is 19.8. The van der Waals surface area contributed by atoms with Gasteiger partial charge in [-0.15, -0.1) is 0 Å². The molecule has 1 fully saturated rings. The first kappa shape index (κ1) is 11.8. The lowest BCUT2D eigenvalue weighted by Gasteiger charge is -2.33. The molecule has 2 aromatic rings. The molecule has 6 heteroatoms. The first-order valence-corrected chi connectivity index (χ1v) is 6.42. The minimum absolute atomic E-state index is 0.0920. The predicted octanol–water partition coefficient (Wildman–Crippen LogP) is 0.847. The van der Waals surface area contributed by atoms with Gasteiger partial charge in [-0.3, -0.25) is 9.89 Å². The van der Waals surface area contributed by atoms with Gasteiger partial charge in [-0.05, 0) is 25.0 Å². The third-order valence-corrected chi connectivity index (χ3v) is 3.75. The van der Waals surface area contributed by atoms with Gasteiger partial charge in [-0.1, -0.05) is 0 Å². The van der Waals surface area contributed by atoms with E-state index in [4.69, 9.17) is 11.5 Å². The predicted molar refractivity (Wildman–Crippen MR) is 74.6 cm³/mol. The Kier molecular flexibility index (Phi) is 2.77. The maximum atomic E-state index is 11.3. The van der Waals surface area contributed by atoms with E-state index in [1.54, 1.807) is 6.20 Å². The van der Waals surface area contributed by atoms with E-state index in [0.29, 0.717) is 12.2 Å². The highest BCUT2D eigenvalue weighted by molar-refractivity contribution is 5.89. The number of aromatic nitrogens is 2. The van der Waals surface area contributed by atoms with Crippen LogP contribution in [0, 0.1) is 5.92 Å². The number of nitrogens with one attached hydrogen (secondary N) is 1. The van der Waals surface area contributed by atoms with Gasteiger partial charge in [0.1, 0.15) is 0 Å². The van der Waals surface area contributed by atoms with Crippen LogP contribution in [0.2, 0.25) is 0 Å². The first-order chi connectivity index (χ1) is 9.15. The lowest BCUT2D eigenvalue weighted by Crippen LogP contribution is -2.41. The zero-order valence-corrected chi connectivity index (χ0v) is 10.6. The maximum Gasteiger partial charge on any atom is 0.222 e. The van der Waals surface area contributed by atoms with Crippen LogP contribution >= 0.6 is 0 Å². The molecule has 5 N–H and O–H groups in total. The van der Waals surface area contributed by atoms with Gasteiger partial charge in [-0.2, -0.15) is 5.10 Å². The van der Waals surface area contributed by atoms with Crippen molar-refractivity contribution in [1.82, 2.24) is 10.2 Å². The Morgan fingerprint density at radius 3 is 3.11 bits per heavy atom. The highest BCUT2D eigenvalue weighted by Crippen LogP contribution is 2.31. The molecule has 1 saturated heterocycles. The minimum Gasteiger partial charge on any atom is -0.397 e. The van der Waals surface area contributed by atoms with Gasteiger partial charge in [0, 0.05) is 18.5 Å². The number of fused-ring (bicyclic) bond motifs is 1. The van der Waals surface area contributed by atoms with E-state index in [9.17, 15) is 4.79 Å². The quantitative estimate of drug-likeness (QED) is 0.696. The molecule has 1 aromatic heterocycles. The first-order valence-electron chi connectivity index (χ1n) is 6.42. The van der Waals surface area contributed by atoms with Crippen LogP contribution in [-0.2, 0) is 4.79 Å². The molecule has 0 saturated carbocycles. The number of benzene rings is 1. The van der Waals surface area contributed by atoms with Gasteiger partial charge in [-0.25, -0.2) is 0 Å². The van der Waals surface area contributed by atoms with Gasteiger partial charge >= 0.3 is 0 Å². The van der Waals surface area contributed by atoms with Crippen LogP contribution in [0.4, 0.5) is 11.4 Å². The summed E-state index contributed by atoms with van der Waals surface area (Å²) in [5.41, 5.74) is 14.1. The summed E-state index contributed by atoms with van der Waals surface area (Å²) in [6.45, 7) is 1.53. The van der Waals surface area contributed by atoms with Crippen molar-refractivity contribution < 1.29 is 4.79 Å². The fourth-order valence-corrected chi connectivity index (χ4v) is 2.70. The molecule has 1 aliphatic heterocycles. The number of primary amides is 1. The molecule has 1 unspecified atom stereocenters. The lowest BCUT2D eigenvalue weighted by molar-refractivity contribution is -0.122. The Balaban J connectivity index is 1.94. The van der Waals surface area contributed by atoms with Crippen LogP contribution in [0.1, 0.15) is 12.8 Å². The third-order valence-electron chi connectivity index (χ3n) is 3.75. The lowest BCUT2D eigenvalue weighted by atomic mass is 9.96. The van der Waals surface area contributed by atoms with Crippen molar-refractivity contribution in [2.24, 2.45) is 11.7 Å². The van der Waals surface area contributed by atoms with Crippen LogP contribution in [0.25, 0.3) is 10.9 Å². The van der Waals surface area contributed by atoms with Crippen molar-refractivity contribution in [3.05, 3.63) is 18.3 Å². The number of carbonyl (C=O) groups is 1. The number of nitrogens with zero attached hydrogens (tertiary/aromatic N) is 2. The number of piperidine rings is 1. The number of rotatable bonds is 2. The largest absolute Gasteiger partial charge is 0.397 e. The Hall–Kier alpha value is -2.24. The number of hydrogen-bond donors (Lipinski definition) is 3. The van der Waals surface area contributed by atoms with Crippen LogP contribution in [0.15, 0.2) is 18.3 Å². The SMILES string of the molecule is NC(=O)C1CCCN(c2cc3[nH]ncc3cc2N)C1. The summed E-state index contributed by atoms with van der Waals surface area (Å²) in [7, 11) is 0. The van der Waals surface area contributed by atoms with E-state index in [-0.39, 0.29) is 11.8 Å². The zero-order valence-electron chi connectivity index (χ0n) is 10.6. The van der Waals surface area contributed by atoms with Crippen molar-refractivity contribution in [1.29, 1.82) is 0 Å². The number of nitrogen functional groups attached to an aromatic ring is 1. The van der Waals surface area contributed by atoms with Crippen molar-refractivity contribution >= 4 is 28.2 Å². The molecule has 0 radical (unpaired) electrons. The maximum absolute atomic E-state index is 11.3. The van der Waals surface area contributed by atoms with Gasteiger partial charge in [0.2, 0.25) is 5.91 Å². The second-order valence-corrected chi connectivity index (χ2v) is 5.06. The molecule has 1 aliphatic rings. The Bertz CT molecular complexity index is 621.